The van der Waals surface area contributed by atoms with Crippen molar-refractivity contribution in [2.75, 3.05) is 19.0 Å². The molecule has 0 unspecified atom stereocenters. The highest BCUT2D eigenvalue weighted by Crippen LogP contribution is 2.27. The van der Waals surface area contributed by atoms with Crippen LogP contribution < -0.4 is 15.4 Å². The number of amides is 2. The third-order valence-corrected chi connectivity index (χ3v) is 4.89. The molecule has 3 aromatic rings. The van der Waals surface area contributed by atoms with Gasteiger partial charge in [-0.15, -0.1) is 5.10 Å². The summed E-state index contributed by atoms with van der Waals surface area (Å²) in [5.41, 5.74) is 1.83. The number of ether oxygens (including phenoxy) is 1. The number of carbonyl (C=O) groups is 1. The molecule has 2 N–H and O–H groups in total. The molecule has 1 aliphatic heterocycles. The molecule has 0 aromatic carbocycles. The maximum Gasteiger partial charge on any atom is 0.321 e. The summed E-state index contributed by atoms with van der Waals surface area (Å²) in [6, 6.07) is 1.54. The number of allylic oxidation sites excluding steroid dienone is 1. The zero-order valence-corrected chi connectivity index (χ0v) is 18.5. The van der Waals surface area contributed by atoms with Gasteiger partial charge in [0, 0.05) is 42.8 Å². The first-order valence-electron chi connectivity index (χ1n) is 10.4. The van der Waals surface area contributed by atoms with E-state index in [1.54, 1.807) is 24.2 Å². The standard InChI is InChI=1S/C21H26N8O3/c1-21(2,3)18-24-16(28-32-18)7-8-23-20(30)26-19-25-17-6-5-13(12-29(17)27-19)14-9-15(31-4)11-22-10-14/h9-12H,5-8H2,1-4H3,(H2,23,26,27,30). The van der Waals surface area contributed by atoms with Crippen molar-refractivity contribution >= 4 is 23.8 Å². The molecule has 2 amide bonds. The fourth-order valence-corrected chi connectivity index (χ4v) is 3.16. The Bertz CT molecular complexity index is 1140. The first-order chi connectivity index (χ1) is 15.3. The van der Waals surface area contributed by atoms with E-state index in [4.69, 9.17) is 9.26 Å². The lowest BCUT2D eigenvalue weighted by molar-refractivity contribution is 0.252. The number of nitrogens with one attached hydrogen (secondary N) is 2. The van der Waals surface area contributed by atoms with Crippen LogP contribution in [-0.4, -0.2) is 49.6 Å². The molecule has 32 heavy (non-hydrogen) atoms. The molecule has 1 aliphatic rings. The Morgan fingerprint density at radius 3 is 2.84 bits per heavy atom. The van der Waals surface area contributed by atoms with Crippen LogP contribution in [0.4, 0.5) is 10.7 Å². The van der Waals surface area contributed by atoms with Gasteiger partial charge in [-0.25, -0.2) is 9.48 Å². The van der Waals surface area contributed by atoms with E-state index in [0.717, 1.165) is 23.4 Å². The van der Waals surface area contributed by atoms with Gasteiger partial charge in [0.2, 0.25) is 5.89 Å². The fourth-order valence-electron chi connectivity index (χ4n) is 3.16. The summed E-state index contributed by atoms with van der Waals surface area (Å²) in [6.45, 7) is 6.35. The number of hydrogen-bond acceptors (Lipinski definition) is 8. The molecule has 0 saturated carbocycles. The summed E-state index contributed by atoms with van der Waals surface area (Å²) >= 11 is 0. The van der Waals surface area contributed by atoms with Gasteiger partial charge in [-0.05, 0) is 18.1 Å². The lowest BCUT2D eigenvalue weighted by Crippen LogP contribution is -2.31. The SMILES string of the molecule is COc1cncc(C2=Cn3nc(NC(=O)NCCc4noc(C(C)(C)C)n4)nc3CC2)c1. The monoisotopic (exact) mass is 438 g/mol. The molecule has 11 nitrogen and oxygen atoms in total. The minimum Gasteiger partial charge on any atom is -0.495 e. The summed E-state index contributed by atoms with van der Waals surface area (Å²) < 4.78 is 12.2. The second-order valence-corrected chi connectivity index (χ2v) is 8.46. The van der Waals surface area contributed by atoms with Gasteiger partial charge >= 0.3 is 6.03 Å². The van der Waals surface area contributed by atoms with Crippen LogP contribution in [0.1, 0.15) is 50.3 Å². The van der Waals surface area contributed by atoms with E-state index < -0.39 is 6.03 Å². The molecule has 168 valence electrons. The van der Waals surface area contributed by atoms with Gasteiger partial charge in [0.15, 0.2) is 5.82 Å². The van der Waals surface area contributed by atoms with Crippen LogP contribution in [0.5, 0.6) is 5.75 Å². The molecule has 0 aliphatic carbocycles. The first-order valence-corrected chi connectivity index (χ1v) is 10.4. The van der Waals surface area contributed by atoms with Gasteiger partial charge < -0.3 is 14.6 Å². The molecule has 4 rings (SSSR count). The molecule has 3 aromatic heterocycles. The summed E-state index contributed by atoms with van der Waals surface area (Å²) in [6.07, 6.45) is 7.30. The van der Waals surface area contributed by atoms with E-state index >= 15 is 0 Å². The number of aromatic nitrogens is 6. The minimum atomic E-state index is -0.395. The first kappa shape index (κ1) is 21.5. The minimum absolute atomic E-state index is 0.209. The second kappa shape index (κ2) is 8.77. The van der Waals surface area contributed by atoms with E-state index in [-0.39, 0.29) is 11.4 Å². The molecule has 0 radical (unpaired) electrons. The van der Waals surface area contributed by atoms with Crippen LogP contribution in [0.2, 0.25) is 0 Å². The van der Waals surface area contributed by atoms with Gasteiger partial charge in [0.25, 0.3) is 5.95 Å². The van der Waals surface area contributed by atoms with E-state index in [1.165, 1.54) is 0 Å². The Balaban J connectivity index is 1.33. The third-order valence-electron chi connectivity index (χ3n) is 4.89. The number of urea groups is 1. The maximum atomic E-state index is 12.2. The van der Waals surface area contributed by atoms with E-state index in [1.807, 2.05) is 33.0 Å². The van der Waals surface area contributed by atoms with Crippen molar-refractivity contribution in [3.63, 3.8) is 0 Å². The quantitative estimate of drug-likeness (QED) is 0.600. The van der Waals surface area contributed by atoms with Gasteiger partial charge in [0.1, 0.15) is 11.6 Å². The number of fused-ring (bicyclic) bond motifs is 1. The van der Waals surface area contributed by atoms with Crippen molar-refractivity contribution in [3.05, 3.63) is 41.6 Å². The number of nitrogens with zero attached hydrogens (tertiary/aromatic N) is 6. The molecular weight excluding hydrogens is 412 g/mol. The summed E-state index contributed by atoms with van der Waals surface area (Å²) in [4.78, 5) is 25.2. The van der Waals surface area contributed by atoms with E-state index in [0.29, 0.717) is 36.9 Å². The zero-order chi connectivity index (χ0) is 22.7. The predicted octanol–water partition coefficient (Wildman–Crippen LogP) is 2.67. The van der Waals surface area contributed by atoms with Crippen molar-refractivity contribution in [1.29, 1.82) is 0 Å². The average Bonchev–Trinajstić information content (AvgIpc) is 3.39. The largest absolute Gasteiger partial charge is 0.495 e. The Morgan fingerprint density at radius 1 is 1.25 bits per heavy atom. The third kappa shape index (κ3) is 4.93. The van der Waals surface area contributed by atoms with Gasteiger partial charge in [-0.1, -0.05) is 25.9 Å². The average molecular weight is 438 g/mol. The number of anilines is 1. The van der Waals surface area contributed by atoms with Crippen molar-refractivity contribution < 1.29 is 14.1 Å². The van der Waals surface area contributed by atoms with Crippen LogP contribution in [0, 0.1) is 0 Å². The molecule has 0 atom stereocenters. The lowest BCUT2D eigenvalue weighted by Gasteiger charge is -2.13. The van der Waals surface area contributed by atoms with Crippen LogP contribution in [0.3, 0.4) is 0 Å². The topological polar surface area (TPSA) is 133 Å². The van der Waals surface area contributed by atoms with Crippen LogP contribution in [0.25, 0.3) is 11.8 Å². The molecule has 0 fully saturated rings. The number of carbonyl (C=O) groups excluding carboxylic acids is 1. The second-order valence-electron chi connectivity index (χ2n) is 8.46. The van der Waals surface area contributed by atoms with Crippen LogP contribution in [0.15, 0.2) is 23.0 Å². The molecular formula is C21H26N8O3. The van der Waals surface area contributed by atoms with Crippen molar-refractivity contribution in [3.8, 4) is 5.75 Å². The Morgan fingerprint density at radius 2 is 2.09 bits per heavy atom. The smallest absolute Gasteiger partial charge is 0.321 e. The van der Waals surface area contributed by atoms with Crippen molar-refractivity contribution in [1.82, 2.24) is 35.2 Å². The number of aryl methyl sites for hydroxylation is 1. The molecule has 0 spiro atoms. The predicted molar refractivity (Wildman–Crippen MR) is 117 cm³/mol. The Hall–Kier alpha value is -3.76. The number of rotatable bonds is 6. The lowest BCUT2D eigenvalue weighted by atomic mass is 9.97. The summed E-state index contributed by atoms with van der Waals surface area (Å²) in [5.74, 6) is 2.84. The molecule has 11 heteroatoms. The van der Waals surface area contributed by atoms with Gasteiger partial charge in [-0.3, -0.25) is 10.3 Å². The maximum absolute atomic E-state index is 12.2. The number of methoxy groups -OCH3 is 1. The summed E-state index contributed by atoms with van der Waals surface area (Å²) in [7, 11) is 1.61. The highest BCUT2D eigenvalue weighted by atomic mass is 16.5. The van der Waals surface area contributed by atoms with E-state index in [2.05, 4.69) is 35.8 Å². The number of hydrogen-bond donors (Lipinski definition) is 2. The fraction of sp³-hybridized carbons (Fsp3) is 0.429. The molecule has 0 bridgehead atoms. The Kier molecular flexibility index (Phi) is 5.89. The van der Waals surface area contributed by atoms with Crippen molar-refractivity contribution in [2.24, 2.45) is 0 Å². The zero-order valence-electron chi connectivity index (χ0n) is 18.5. The highest BCUT2D eigenvalue weighted by molar-refractivity contribution is 5.87. The van der Waals surface area contributed by atoms with Crippen molar-refractivity contribution in [2.45, 2.75) is 45.4 Å². The van der Waals surface area contributed by atoms with Gasteiger partial charge in [0.05, 0.1) is 13.3 Å². The molecule has 0 saturated heterocycles. The van der Waals surface area contributed by atoms with Crippen LogP contribution in [-0.2, 0) is 18.3 Å². The normalized spacial score (nSPS) is 13.3. The number of pyridine rings is 1. The van der Waals surface area contributed by atoms with Crippen LogP contribution >= 0.6 is 0 Å². The highest BCUT2D eigenvalue weighted by Gasteiger charge is 2.22. The van der Waals surface area contributed by atoms with E-state index in [9.17, 15) is 4.79 Å². The summed E-state index contributed by atoms with van der Waals surface area (Å²) in [5, 5.41) is 13.7. The molecule has 4 heterocycles. The Labute approximate surface area is 185 Å². The van der Waals surface area contributed by atoms with Gasteiger partial charge in [-0.2, -0.15) is 9.97 Å².